The summed E-state index contributed by atoms with van der Waals surface area (Å²) in [6, 6.07) is 3.24. The minimum atomic E-state index is -4.58. The highest BCUT2D eigenvalue weighted by atomic mass is 35.5. The summed E-state index contributed by atoms with van der Waals surface area (Å²) < 4.78 is 59.7. The smallest absolute Gasteiger partial charge is 0.352 e. The van der Waals surface area contributed by atoms with Crippen LogP contribution in [0.5, 0.6) is 0 Å². The molecule has 0 radical (unpaired) electrons. The van der Waals surface area contributed by atoms with E-state index in [9.17, 15) is 26.4 Å². The molecule has 0 atom stereocenters. The van der Waals surface area contributed by atoms with Crippen molar-refractivity contribution in [1.82, 2.24) is 5.32 Å². The number of hydrogen-bond donors (Lipinski definition) is 1. The Kier molecular flexibility index (Phi) is 6.01. The van der Waals surface area contributed by atoms with Crippen LogP contribution >= 0.6 is 11.6 Å². The van der Waals surface area contributed by atoms with E-state index in [-0.39, 0.29) is 17.9 Å². The Morgan fingerprint density at radius 1 is 1.36 bits per heavy atom. The third-order valence-electron chi connectivity index (χ3n) is 2.50. The van der Waals surface area contributed by atoms with Crippen molar-refractivity contribution in [1.29, 1.82) is 0 Å². The molecule has 0 aliphatic carbocycles. The molecule has 0 spiro atoms. The quantitative estimate of drug-likeness (QED) is 0.826. The van der Waals surface area contributed by atoms with Crippen molar-refractivity contribution in [3.05, 3.63) is 40.4 Å². The molecule has 0 fully saturated rings. The molecular weight excluding hydrogens is 343 g/mol. The molecule has 1 aromatic rings. The van der Waals surface area contributed by atoms with Crippen molar-refractivity contribution in [2.75, 3.05) is 18.6 Å². The highest BCUT2D eigenvalue weighted by molar-refractivity contribution is 7.90. The predicted molar refractivity (Wildman–Crippen MR) is 78.2 cm³/mol. The fraction of sp³-hybridized carbons (Fsp3) is 0.308. The number of carbonyl (C=O) groups is 1. The van der Waals surface area contributed by atoms with Crippen molar-refractivity contribution < 1.29 is 26.4 Å². The average Bonchev–Trinajstić information content (AvgIpc) is 2.34. The summed E-state index contributed by atoms with van der Waals surface area (Å²) in [5.41, 5.74) is -0.844. The summed E-state index contributed by atoms with van der Waals surface area (Å²) >= 11 is 5.47. The molecule has 0 bridgehead atoms. The SMILES string of the molecule is CS(=O)(=O)CCNC(=O)/C=C/c1ccc(Cl)c(C(F)(F)F)c1. The molecule has 22 heavy (non-hydrogen) atoms. The zero-order valence-electron chi connectivity index (χ0n) is 11.4. The van der Waals surface area contributed by atoms with E-state index in [0.717, 1.165) is 24.5 Å². The number of nitrogens with one attached hydrogen (secondary N) is 1. The van der Waals surface area contributed by atoms with Crippen LogP contribution in [0.3, 0.4) is 0 Å². The Morgan fingerprint density at radius 3 is 2.55 bits per heavy atom. The summed E-state index contributed by atoms with van der Waals surface area (Å²) in [6.45, 7) is -0.0730. The van der Waals surface area contributed by atoms with E-state index in [0.29, 0.717) is 0 Å². The van der Waals surface area contributed by atoms with Crippen molar-refractivity contribution in [3.8, 4) is 0 Å². The second-order valence-electron chi connectivity index (χ2n) is 4.49. The molecule has 1 aromatic carbocycles. The lowest BCUT2D eigenvalue weighted by atomic mass is 10.1. The third-order valence-corrected chi connectivity index (χ3v) is 3.77. The van der Waals surface area contributed by atoms with Crippen molar-refractivity contribution in [2.24, 2.45) is 0 Å². The monoisotopic (exact) mass is 355 g/mol. The second kappa shape index (κ2) is 7.15. The molecule has 4 nitrogen and oxygen atoms in total. The molecule has 1 rings (SSSR count). The molecule has 1 amide bonds. The van der Waals surface area contributed by atoms with Gasteiger partial charge in [0.1, 0.15) is 9.84 Å². The van der Waals surface area contributed by atoms with E-state index in [4.69, 9.17) is 11.6 Å². The van der Waals surface area contributed by atoms with Gasteiger partial charge in [0.05, 0.1) is 16.3 Å². The average molecular weight is 356 g/mol. The van der Waals surface area contributed by atoms with Crippen LogP contribution in [0, 0.1) is 0 Å². The van der Waals surface area contributed by atoms with Gasteiger partial charge in [-0.15, -0.1) is 0 Å². The molecule has 0 aliphatic rings. The molecule has 0 heterocycles. The number of hydrogen-bond acceptors (Lipinski definition) is 3. The standard InChI is InChI=1S/C13H13ClF3NO3S/c1-22(20,21)7-6-18-12(19)5-3-9-2-4-11(14)10(8-9)13(15,16)17/h2-5,8H,6-7H2,1H3,(H,18,19)/b5-3+. The summed E-state index contributed by atoms with van der Waals surface area (Å²) in [5.74, 6) is -0.821. The lowest BCUT2D eigenvalue weighted by Gasteiger charge is -2.09. The van der Waals surface area contributed by atoms with Gasteiger partial charge in [0.25, 0.3) is 0 Å². The maximum absolute atomic E-state index is 12.7. The number of alkyl halides is 3. The number of benzene rings is 1. The van der Waals surface area contributed by atoms with Crippen LogP contribution in [-0.4, -0.2) is 32.9 Å². The van der Waals surface area contributed by atoms with Gasteiger partial charge in [-0.1, -0.05) is 17.7 Å². The summed E-state index contributed by atoms with van der Waals surface area (Å²) in [6.07, 6.45) is -1.35. The zero-order chi connectivity index (χ0) is 17.0. The molecule has 9 heteroatoms. The Bertz CT molecular complexity index is 684. The number of sulfone groups is 1. The van der Waals surface area contributed by atoms with Crippen LogP contribution in [0.1, 0.15) is 11.1 Å². The summed E-state index contributed by atoms with van der Waals surface area (Å²) in [7, 11) is -3.19. The lowest BCUT2D eigenvalue weighted by Crippen LogP contribution is -2.27. The Morgan fingerprint density at radius 2 is 2.00 bits per heavy atom. The molecule has 0 unspecified atom stereocenters. The molecule has 1 N–H and O–H groups in total. The van der Waals surface area contributed by atoms with Crippen LogP contribution in [-0.2, 0) is 20.8 Å². The maximum Gasteiger partial charge on any atom is 0.417 e. The largest absolute Gasteiger partial charge is 0.417 e. The Labute approximate surface area is 130 Å². The summed E-state index contributed by atoms with van der Waals surface area (Å²) in [4.78, 5) is 11.4. The topological polar surface area (TPSA) is 63.2 Å². The Balaban J connectivity index is 2.72. The molecule has 122 valence electrons. The highest BCUT2D eigenvalue weighted by Gasteiger charge is 2.33. The van der Waals surface area contributed by atoms with Gasteiger partial charge in [-0.2, -0.15) is 13.2 Å². The van der Waals surface area contributed by atoms with E-state index < -0.39 is 32.5 Å². The number of rotatable bonds is 5. The number of carbonyl (C=O) groups excluding carboxylic acids is 1. The normalized spacial score (nSPS) is 12.6. The fourth-order valence-electron chi connectivity index (χ4n) is 1.45. The van der Waals surface area contributed by atoms with E-state index in [2.05, 4.69) is 5.32 Å². The fourth-order valence-corrected chi connectivity index (χ4v) is 2.15. The molecule has 0 aromatic heterocycles. The molecule has 0 saturated heterocycles. The molecule has 0 saturated carbocycles. The molecule has 0 aliphatic heterocycles. The minimum Gasteiger partial charge on any atom is -0.352 e. The summed E-state index contributed by atoms with van der Waals surface area (Å²) in [5, 5.41) is 1.88. The first-order valence-corrected chi connectivity index (χ1v) is 8.43. The van der Waals surface area contributed by atoms with Crippen LogP contribution in [0.4, 0.5) is 13.2 Å². The van der Waals surface area contributed by atoms with Crippen molar-refractivity contribution in [2.45, 2.75) is 6.18 Å². The van der Waals surface area contributed by atoms with Gasteiger partial charge >= 0.3 is 6.18 Å². The van der Waals surface area contributed by atoms with Gasteiger partial charge < -0.3 is 5.32 Å². The van der Waals surface area contributed by atoms with Gasteiger partial charge in [-0.25, -0.2) is 8.42 Å². The predicted octanol–water partition coefficient (Wildman–Crippen LogP) is 2.53. The van der Waals surface area contributed by atoms with Crippen molar-refractivity contribution >= 4 is 33.4 Å². The highest BCUT2D eigenvalue weighted by Crippen LogP contribution is 2.35. The number of halogens is 4. The first-order valence-electron chi connectivity index (χ1n) is 5.99. The van der Waals surface area contributed by atoms with Gasteiger partial charge in [-0.05, 0) is 23.8 Å². The number of amides is 1. The first kappa shape index (κ1) is 18.5. The van der Waals surface area contributed by atoms with Gasteiger partial charge in [0.2, 0.25) is 5.91 Å². The van der Waals surface area contributed by atoms with E-state index >= 15 is 0 Å². The van der Waals surface area contributed by atoms with Gasteiger partial charge in [0, 0.05) is 18.9 Å². The van der Waals surface area contributed by atoms with Gasteiger partial charge in [0.15, 0.2) is 0 Å². The molecular formula is C13H13ClF3NO3S. The maximum atomic E-state index is 12.7. The lowest BCUT2D eigenvalue weighted by molar-refractivity contribution is -0.137. The van der Waals surface area contributed by atoms with E-state index in [1.807, 2.05) is 0 Å². The Hall–Kier alpha value is -1.54. The van der Waals surface area contributed by atoms with Crippen molar-refractivity contribution in [3.63, 3.8) is 0 Å². The third kappa shape index (κ3) is 6.48. The van der Waals surface area contributed by atoms with Crippen LogP contribution in [0.15, 0.2) is 24.3 Å². The van der Waals surface area contributed by atoms with Crippen LogP contribution in [0.2, 0.25) is 5.02 Å². The van der Waals surface area contributed by atoms with Crippen LogP contribution in [0.25, 0.3) is 6.08 Å². The van der Waals surface area contributed by atoms with E-state index in [1.54, 1.807) is 0 Å². The first-order chi connectivity index (χ1) is 9.99. The minimum absolute atomic E-state index is 0.0730. The zero-order valence-corrected chi connectivity index (χ0v) is 13.0. The van der Waals surface area contributed by atoms with Gasteiger partial charge in [-0.3, -0.25) is 4.79 Å². The van der Waals surface area contributed by atoms with E-state index in [1.165, 1.54) is 12.1 Å². The van der Waals surface area contributed by atoms with Crippen LogP contribution < -0.4 is 5.32 Å². The second-order valence-corrected chi connectivity index (χ2v) is 7.16.